The Morgan fingerprint density at radius 1 is 1.10 bits per heavy atom. The van der Waals surface area contributed by atoms with Crippen molar-refractivity contribution in [2.24, 2.45) is 11.8 Å². The highest BCUT2D eigenvalue weighted by atomic mass is 32.2. The Morgan fingerprint density at radius 3 is 2.38 bits per heavy atom. The molecule has 0 radical (unpaired) electrons. The first-order chi connectivity index (χ1) is 13.8. The maximum atomic E-state index is 12.8. The minimum Gasteiger partial charge on any atom is -0.497 e. The molecule has 1 amide bonds. The first-order valence-electron chi connectivity index (χ1n) is 10.5. The maximum Gasteiger partial charge on any atom is 0.243 e. The Labute approximate surface area is 174 Å². The molecular weight excluding hydrogens is 390 g/mol. The number of methoxy groups -OCH3 is 1. The molecule has 1 aliphatic heterocycles. The molecule has 29 heavy (non-hydrogen) atoms. The van der Waals surface area contributed by atoms with E-state index in [1.165, 1.54) is 17.1 Å². The molecule has 1 aromatic carbocycles. The largest absolute Gasteiger partial charge is 0.497 e. The molecule has 0 aromatic heterocycles. The van der Waals surface area contributed by atoms with Crippen molar-refractivity contribution in [3.05, 3.63) is 24.3 Å². The van der Waals surface area contributed by atoms with Crippen LogP contribution in [0.5, 0.6) is 5.75 Å². The van der Waals surface area contributed by atoms with Crippen LogP contribution in [0.1, 0.15) is 33.1 Å². The topological polar surface area (TPSA) is 79.0 Å². The molecule has 0 spiro atoms. The van der Waals surface area contributed by atoms with E-state index >= 15 is 0 Å². The van der Waals surface area contributed by atoms with Crippen LogP contribution >= 0.6 is 0 Å². The van der Waals surface area contributed by atoms with E-state index < -0.39 is 10.0 Å². The van der Waals surface area contributed by atoms with E-state index in [1.54, 1.807) is 31.4 Å². The summed E-state index contributed by atoms with van der Waals surface area (Å²) in [6, 6.07) is 6.70. The van der Waals surface area contributed by atoms with Crippen LogP contribution in [-0.2, 0) is 14.8 Å². The van der Waals surface area contributed by atoms with Gasteiger partial charge in [0.15, 0.2) is 0 Å². The zero-order chi connectivity index (χ0) is 21.0. The van der Waals surface area contributed by atoms with Crippen LogP contribution in [0.4, 0.5) is 0 Å². The molecule has 1 saturated heterocycles. The van der Waals surface area contributed by atoms with Gasteiger partial charge in [0.05, 0.1) is 18.6 Å². The summed E-state index contributed by atoms with van der Waals surface area (Å²) in [5.74, 6) is 1.81. The van der Waals surface area contributed by atoms with Crippen LogP contribution in [0.2, 0.25) is 0 Å². The third-order valence-corrected chi connectivity index (χ3v) is 8.36. The van der Waals surface area contributed by atoms with Gasteiger partial charge in [0, 0.05) is 32.2 Å². The van der Waals surface area contributed by atoms with Crippen molar-refractivity contribution < 1.29 is 17.9 Å². The van der Waals surface area contributed by atoms with Crippen molar-refractivity contribution in [2.45, 2.75) is 44.0 Å². The second-order valence-electron chi connectivity index (χ2n) is 8.30. The maximum absolute atomic E-state index is 12.8. The van der Waals surface area contributed by atoms with Crippen molar-refractivity contribution in [3.8, 4) is 5.75 Å². The Morgan fingerprint density at radius 2 is 1.76 bits per heavy atom. The van der Waals surface area contributed by atoms with Crippen LogP contribution < -0.4 is 10.1 Å². The van der Waals surface area contributed by atoms with Gasteiger partial charge in [-0.3, -0.25) is 9.69 Å². The summed E-state index contributed by atoms with van der Waals surface area (Å²) in [7, 11) is -1.97. The van der Waals surface area contributed by atoms with E-state index in [0.29, 0.717) is 50.3 Å². The molecule has 1 saturated carbocycles. The molecule has 7 nitrogen and oxygen atoms in total. The Balaban J connectivity index is 1.50. The van der Waals surface area contributed by atoms with E-state index in [0.717, 1.165) is 6.42 Å². The van der Waals surface area contributed by atoms with Crippen molar-refractivity contribution in [3.63, 3.8) is 0 Å². The normalized spacial score (nSPS) is 26.8. The Kier molecular flexibility index (Phi) is 7.19. The number of sulfonamides is 1. The fourth-order valence-corrected chi connectivity index (χ4v) is 5.69. The molecule has 0 unspecified atom stereocenters. The number of ether oxygens (including phenoxy) is 1. The highest BCUT2D eigenvalue weighted by Gasteiger charge is 2.31. The Bertz CT molecular complexity index is 789. The van der Waals surface area contributed by atoms with Gasteiger partial charge in [-0.05, 0) is 42.5 Å². The zero-order valence-electron chi connectivity index (χ0n) is 17.6. The average molecular weight is 424 g/mol. The number of benzene rings is 1. The molecule has 1 aromatic rings. The standard InChI is InChI=1S/C21H33N3O4S/c1-16-5-4-6-20(17(16)2)22-21(25)15-23-11-13-24(14-12-23)29(26,27)19-9-7-18(28-3)8-10-19/h7-10,16-17,20H,4-6,11-15H2,1-3H3,(H,22,25)/t16-,17-,20-/m1/s1. The molecular formula is C21H33N3O4S. The number of nitrogens with zero attached hydrogens (tertiary/aromatic N) is 2. The average Bonchev–Trinajstić information content (AvgIpc) is 2.72. The predicted octanol–water partition coefficient (Wildman–Crippen LogP) is 1.94. The third kappa shape index (κ3) is 5.29. The second kappa shape index (κ2) is 9.45. The quantitative estimate of drug-likeness (QED) is 0.757. The van der Waals surface area contributed by atoms with E-state index in [1.807, 2.05) is 4.90 Å². The number of nitrogens with one attached hydrogen (secondary N) is 1. The van der Waals surface area contributed by atoms with E-state index in [9.17, 15) is 13.2 Å². The van der Waals surface area contributed by atoms with Gasteiger partial charge < -0.3 is 10.1 Å². The highest BCUT2D eigenvalue weighted by molar-refractivity contribution is 7.89. The molecule has 2 fully saturated rings. The summed E-state index contributed by atoms with van der Waals surface area (Å²) in [5.41, 5.74) is 0. The summed E-state index contributed by atoms with van der Waals surface area (Å²) in [6.45, 7) is 6.69. The molecule has 3 rings (SSSR count). The van der Waals surface area contributed by atoms with Crippen molar-refractivity contribution >= 4 is 15.9 Å². The molecule has 8 heteroatoms. The number of piperazine rings is 1. The van der Waals surface area contributed by atoms with E-state index in [-0.39, 0.29) is 16.8 Å². The first-order valence-corrected chi connectivity index (χ1v) is 11.9. The predicted molar refractivity (Wildman–Crippen MR) is 112 cm³/mol. The lowest BCUT2D eigenvalue weighted by Gasteiger charge is -2.36. The van der Waals surface area contributed by atoms with Crippen molar-refractivity contribution in [2.75, 3.05) is 39.8 Å². The fourth-order valence-electron chi connectivity index (χ4n) is 4.27. The van der Waals surface area contributed by atoms with Gasteiger partial charge in [0.25, 0.3) is 0 Å². The molecule has 1 aliphatic carbocycles. The van der Waals surface area contributed by atoms with E-state index in [4.69, 9.17) is 4.74 Å². The van der Waals surface area contributed by atoms with Crippen LogP contribution in [-0.4, -0.2) is 69.4 Å². The minimum absolute atomic E-state index is 0.0439. The van der Waals surface area contributed by atoms with E-state index in [2.05, 4.69) is 19.2 Å². The minimum atomic E-state index is -3.52. The lowest BCUT2D eigenvalue weighted by molar-refractivity contribution is -0.124. The number of hydrogen-bond donors (Lipinski definition) is 1. The lowest BCUT2D eigenvalue weighted by atomic mass is 9.78. The number of carbonyl (C=O) groups is 1. The van der Waals surface area contributed by atoms with Crippen LogP contribution in [0.15, 0.2) is 29.2 Å². The smallest absolute Gasteiger partial charge is 0.243 e. The van der Waals surface area contributed by atoms with Crippen LogP contribution in [0, 0.1) is 11.8 Å². The van der Waals surface area contributed by atoms with Crippen molar-refractivity contribution in [1.29, 1.82) is 0 Å². The van der Waals surface area contributed by atoms with Gasteiger partial charge in [0.2, 0.25) is 15.9 Å². The zero-order valence-corrected chi connectivity index (χ0v) is 18.5. The summed E-state index contributed by atoms with van der Waals surface area (Å²) in [6.07, 6.45) is 3.45. The van der Waals surface area contributed by atoms with Gasteiger partial charge in [-0.2, -0.15) is 4.31 Å². The molecule has 2 aliphatic rings. The van der Waals surface area contributed by atoms with Crippen molar-refractivity contribution in [1.82, 2.24) is 14.5 Å². The van der Waals surface area contributed by atoms with Gasteiger partial charge in [-0.1, -0.05) is 26.7 Å². The highest BCUT2D eigenvalue weighted by Crippen LogP contribution is 2.29. The second-order valence-corrected chi connectivity index (χ2v) is 10.2. The third-order valence-electron chi connectivity index (χ3n) is 6.45. The molecule has 162 valence electrons. The number of rotatable bonds is 6. The first kappa shape index (κ1) is 22.1. The summed E-state index contributed by atoms with van der Waals surface area (Å²) in [4.78, 5) is 14.8. The number of hydrogen-bond acceptors (Lipinski definition) is 5. The molecule has 3 atom stereocenters. The SMILES string of the molecule is COc1ccc(S(=O)(=O)N2CCN(CC(=O)N[C@@H]3CCC[C@@H](C)[C@H]3C)CC2)cc1. The van der Waals surface area contributed by atoms with Gasteiger partial charge in [0.1, 0.15) is 5.75 Å². The molecule has 0 bridgehead atoms. The van der Waals surface area contributed by atoms with Gasteiger partial charge in [-0.25, -0.2) is 8.42 Å². The number of carbonyl (C=O) groups excluding carboxylic acids is 1. The monoisotopic (exact) mass is 423 g/mol. The van der Waals surface area contributed by atoms with Crippen LogP contribution in [0.25, 0.3) is 0 Å². The lowest BCUT2D eigenvalue weighted by Crippen LogP contribution is -2.52. The van der Waals surface area contributed by atoms with Crippen LogP contribution in [0.3, 0.4) is 0 Å². The summed E-state index contributed by atoms with van der Waals surface area (Å²) >= 11 is 0. The number of amides is 1. The summed E-state index contributed by atoms with van der Waals surface area (Å²) in [5, 5.41) is 3.20. The van der Waals surface area contributed by atoms with Gasteiger partial charge >= 0.3 is 0 Å². The van der Waals surface area contributed by atoms with Gasteiger partial charge in [-0.15, -0.1) is 0 Å². The fraction of sp³-hybridized carbons (Fsp3) is 0.667. The molecule has 1 heterocycles. The molecule has 1 N–H and O–H groups in total. The Hall–Kier alpha value is -1.64. The summed E-state index contributed by atoms with van der Waals surface area (Å²) < 4.78 is 32.3.